The SMILES string of the molecule is Nc1ncc(-c2cnn(CC(=O)N3CCC(O)CC3)c2)cc1-c1nc2ccccc2s1. The van der Waals surface area contributed by atoms with Gasteiger partial charge in [0.1, 0.15) is 17.4 Å². The molecule has 0 radical (unpaired) electrons. The zero-order valence-electron chi connectivity index (χ0n) is 16.8. The molecule has 1 saturated heterocycles. The third kappa shape index (κ3) is 4.01. The summed E-state index contributed by atoms with van der Waals surface area (Å²) in [7, 11) is 0. The number of hydrogen-bond acceptors (Lipinski definition) is 7. The summed E-state index contributed by atoms with van der Waals surface area (Å²) < 4.78 is 2.73. The van der Waals surface area contributed by atoms with E-state index in [9.17, 15) is 9.90 Å². The third-order valence-electron chi connectivity index (χ3n) is 5.52. The van der Waals surface area contributed by atoms with Crippen molar-refractivity contribution in [2.45, 2.75) is 25.5 Å². The highest BCUT2D eigenvalue weighted by atomic mass is 32.1. The summed E-state index contributed by atoms with van der Waals surface area (Å²) in [6.45, 7) is 1.34. The first-order valence-electron chi connectivity index (χ1n) is 10.2. The molecule has 1 aliphatic heterocycles. The summed E-state index contributed by atoms with van der Waals surface area (Å²) in [6, 6.07) is 9.94. The Labute approximate surface area is 183 Å². The second-order valence-corrected chi connectivity index (χ2v) is 8.71. The van der Waals surface area contributed by atoms with Crippen LogP contribution in [0.1, 0.15) is 12.8 Å². The summed E-state index contributed by atoms with van der Waals surface area (Å²) in [5.41, 5.74) is 9.59. The van der Waals surface area contributed by atoms with Gasteiger partial charge in [-0.1, -0.05) is 12.1 Å². The number of likely N-dealkylation sites (tertiary alicyclic amines) is 1. The minimum absolute atomic E-state index is 0.00662. The quantitative estimate of drug-likeness (QED) is 0.511. The lowest BCUT2D eigenvalue weighted by Crippen LogP contribution is -2.41. The Hall–Kier alpha value is -3.30. The number of aromatic nitrogens is 4. The van der Waals surface area contributed by atoms with E-state index in [0.29, 0.717) is 31.7 Å². The van der Waals surface area contributed by atoms with Gasteiger partial charge in [0.2, 0.25) is 5.91 Å². The van der Waals surface area contributed by atoms with Gasteiger partial charge >= 0.3 is 0 Å². The highest BCUT2D eigenvalue weighted by molar-refractivity contribution is 7.21. The summed E-state index contributed by atoms with van der Waals surface area (Å²) in [6.07, 6.45) is 6.22. The number of rotatable bonds is 4. The van der Waals surface area contributed by atoms with Crippen LogP contribution in [0.25, 0.3) is 31.9 Å². The maximum absolute atomic E-state index is 12.5. The summed E-state index contributed by atoms with van der Waals surface area (Å²) in [5, 5.41) is 14.8. The lowest BCUT2D eigenvalue weighted by molar-refractivity contribution is -0.134. The van der Waals surface area contributed by atoms with Gasteiger partial charge in [-0.15, -0.1) is 11.3 Å². The van der Waals surface area contributed by atoms with Crippen molar-refractivity contribution >= 4 is 33.3 Å². The number of anilines is 1. The largest absolute Gasteiger partial charge is 0.393 e. The molecule has 1 aliphatic rings. The highest BCUT2D eigenvalue weighted by Crippen LogP contribution is 2.34. The molecule has 5 rings (SSSR count). The molecule has 3 aromatic heterocycles. The standard InChI is InChI=1S/C22H22N6O2S/c23-21-17(22-26-18-3-1-2-4-19(18)31-22)9-14(10-24-21)15-11-25-28(12-15)13-20(30)27-7-5-16(29)6-8-27/h1-4,9-12,16,29H,5-8,13H2,(H2,23,24). The Bertz CT molecular complexity index is 1210. The van der Waals surface area contributed by atoms with Crippen LogP contribution < -0.4 is 5.73 Å². The molecule has 158 valence electrons. The smallest absolute Gasteiger partial charge is 0.244 e. The first kappa shape index (κ1) is 19.7. The topological polar surface area (TPSA) is 110 Å². The van der Waals surface area contributed by atoms with Gasteiger partial charge in [0.25, 0.3) is 0 Å². The molecule has 0 saturated carbocycles. The van der Waals surface area contributed by atoms with Crippen molar-refractivity contribution in [3.05, 3.63) is 48.9 Å². The third-order valence-corrected chi connectivity index (χ3v) is 6.59. The fourth-order valence-corrected chi connectivity index (χ4v) is 4.74. The zero-order chi connectivity index (χ0) is 21.4. The van der Waals surface area contributed by atoms with Crippen LogP contribution in [0.4, 0.5) is 5.82 Å². The van der Waals surface area contributed by atoms with Crippen LogP contribution in [0, 0.1) is 0 Å². The van der Waals surface area contributed by atoms with Crippen molar-refractivity contribution in [2.75, 3.05) is 18.8 Å². The van der Waals surface area contributed by atoms with Gasteiger partial charge in [-0.2, -0.15) is 5.10 Å². The predicted octanol–water partition coefficient (Wildman–Crippen LogP) is 2.79. The van der Waals surface area contributed by atoms with Gasteiger partial charge in [-0.3, -0.25) is 9.48 Å². The normalized spacial score (nSPS) is 14.9. The monoisotopic (exact) mass is 434 g/mol. The average molecular weight is 435 g/mol. The van der Waals surface area contributed by atoms with Gasteiger partial charge in [-0.25, -0.2) is 9.97 Å². The Morgan fingerprint density at radius 3 is 2.81 bits per heavy atom. The van der Waals surface area contributed by atoms with Crippen LogP contribution >= 0.6 is 11.3 Å². The van der Waals surface area contributed by atoms with Crippen molar-refractivity contribution in [1.29, 1.82) is 0 Å². The number of nitrogens with zero attached hydrogens (tertiary/aromatic N) is 5. The second-order valence-electron chi connectivity index (χ2n) is 7.68. The number of para-hydroxylation sites is 1. The van der Waals surface area contributed by atoms with E-state index in [1.807, 2.05) is 36.5 Å². The number of piperidine rings is 1. The van der Waals surface area contributed by atoms with Crippen LogP contribution in [-0.4, -0.2) is 54.9 Å². The van der Waals surface area contributed by atoms with E-state index in [4.69, 9.17) is 5.73 Å². The molecule has 1 fully saturated rings. The fourth-order valence-electron chi connectivity index (χ4n) is 3.74. The van der Waals surface area contributed by atoms with E-state index in [2.05, 4.69) is 15.1 Å². The maximum Gasteiger partial charge on any atom is 0.244 e. The molecule has 0 spiro atoms. The Morgan fingerprint density at radius 1 is 1.19 bits per heavy atom. The lowest BCUT2D eigenvalue weighted by Gasteiger charge is -2.29. The molecule has 0 aliphatic carbocycles. The number of nitrogen functional groups attached to an aromatic ring is 1. The number of carbonyl (C=O) groups excluding carboxylic acids is 1. The number of fused-ring (bicyclic) bond motifs is 1. The van der Waals surface area contributed by atoms with Crippen LogP contribution in [0.3, 0.4) is 0 Å². The van der Waals surface area contributed by atoms with Crippen molar-refractivity contribution in [1.82, 2.24) is 24.6 Å². The van der Waals surface area contributed by atoms with Gasteiger partial charge in [0.15, 0.2) is 0 Å². The number of thiazole rings is 1. The van der Waals surface area contributed by atoms with Gasteiger partial charge < -0.3 is 15.7 Å². The van der Waals surface area contributed by atoms with E-state index in [-0.39, 0.29) is 18.6 Å². The number of aliphatic hydroxyl groups excluding tert-OH is 1. The maximum atomic E-state index is 12.5. The number of pyridine rings is 1. The second kappa shape index (κ2) is 8.09. The van der Waals surface area contributed by atoms with Crippen molar-refractivity contribution in [3.63, 3.8) is 0 Å². The van der Waals surface area contributed by atoms with Crippen molar-refractivity contribution in [3.8, 4) is 21.7 Å². The molecule has 9 heteroatoms. The van der Waals surface area contributed by atoms with Crippen molar-refractivity contribution in [2.24, 2.45) is 0 Å². The number of benzene rings is 1. The number of carbonyl (C=O) groups is 1. The lowest BCUT2D eigenvalue weighted by atomic mass is 10.1. The summed E-state index contributed by atoms with van der Waals surface area (Å²) in [5.74, 6) is 0.435. The molecule has 1 amide bonds. The molecule has 1 aromatic carbocycles. The van der Waals surface area contributed by atoms with Gasteiger partial charge in [0.05, 0.1) is 28.1 Å². The molecule has 4 aromatic rings. The average Bonchev–Trinajstić information content (AvgIpc) is 3.41. The summed E-state index contributed by atoms with van der Waals surface area (Å²) >= 11 is 1.58. The van der Waals surface area contributed by atoms with E-state index in [1.54, 1.807) is 33.3 Å². The van der Waals surface area contributed by atoms with Crippen LogP contribution in [0.2, 0.25) is 0 Å². The summed E-state index contributed by atoms with van der Waals surface area (Å²) in [4.78, 5) is 23.4. The number of aliphatic hydroxyl groups is 1. The number of hydrogen-bond donors (Lipinski definition) is 2. The van der Waals surface area contributed by atoms with Crippen LogP contribution in [-0.2, 0) is 11.3 Å². The highest BCUT2D eigenvalue weighted by Gasteiger charge is 2.21. The van der Waals surface area contributed by atoms with E-state index in [1.165, 1.54) is 0 Å². The Kier molecular flexibility index (Phi) is 5.13. The fraction of sp³-hybridized carbons (Fsp3) is 0.273. The molecule has 31 heavy (non-hydrogen) atoms. The Balaban J connectivity index is 1.37. The van der Waals surface area contributed by atoms with Gasteiger partial charge in [0, 0.05) is 36.6 Å². The van der Waals surface area contributed by atoms with E-state index >= 15 is 0 Å². The van der Waals surface area contributed by atoms with E-state index < -0.39 is 0 Å². The molecule has 0 atom stereocenters. The molecule has 0 bridgehead atoms. The number of amides is 1. The molecular formula is C22H22N6O2S. The van der Waals surface area contributed by atoms with Crippen LogP contribution in [0.15, 0.2) is 48.9 Å². The molecule has 8 nitrogen and oxygen atoms in total. The molecule has 0 unspecified atom stereocenters. The minimum Gasteiger partial charge on any atom is -0.393 e. The molecule has 4 heterocycles. The Morgan fingerprint density at radius 2 is 2.00 bits per heavy atom. The molecular weight excluding hydrogens is 412 g/mol. The van der Waals surface area contributed by atoms with Gasteiger partial charge in [-0.05, 0) is 31.0 Å². The molecule has 3 N–H and O–H groups in total. The predicted molar refractivity (Wildman–Crippen MR) is 120 cm³/mol. The van der Waals surface area contributed by atoms with Crippen molar-refractivity contribution < 1.29 is 9.90 Å². The van der Waals surface area contributed by atoms with Crippen LogP contribution in [0.5, 0.6) is 0 Å². The first-order valence-corrected chi connectivity index (χ1v) is 11.0. The first-order chi connectivity index (χ1) is 15.1. The zero-order valence-corrected chi connectivity index (χ0v) is 17.6. The number of nitrogens with two attached hydrogens (primary N) is 1. The van der Waals surface area contributed by atoms with E-state index in [0.717, 1.165) is 31.9 Å². The minimum atomic E-state index is -0.303.